The number of anilines is 1. The number of phenolic OH excluding ortho intramolecular Hbond substituents is 1. The average Bonchev–Trinajstić information content (AvgIpc) is 3.00. The number of nitrogens with one attached hydrogen (secondary N) is 1. The molecule has 10 nitrogen and oxygen atoms in total. The molecule has 2 saturated heterocycles. The van der Waals surface area contributed by atoms with E-state index in [1.807, 2.05) is 74.4 Å². The molecule has 0 unspecified atom stereocenters. The minimum Gasteiger partial charge on any atom is -0.508 e. The van der Waals surface area contributed by atoms with Gasteiger partial charge in [-0.2, -0.15) is 0 Å². The van der Waals surface area contributed by atoms with Crippen LogP contribution in [0.5, 0.6) is 5.75 Å². The summed E-state index contributed by atoms with van der Waals surface area (Å²) < 4.78 is 0. The number of nitrogens with zero attached hydrogens (tertiary/aromatic N) is 5. The molecular weight excluding hydrogens is 568 g/mol. The molecular formula is C32H37ClN6O4. The minimum absolute atomic E-state index is 0.0194. The third-order valence-electron chi connectivity index (χ3n) is 7.92. The van der Waals surface area contributed by atoms with Gasteiger partial charge in [-0.3, -0.25) is 9.59 Å². The number of phenols is 1. The monoisotopic (exact) mass is 604 g/mol. The maximum atomic E-state index is 14.1. The van der Waals surface area contributed by atoms with Crippen molar-refractivity contribution in [3.8, 4) is 5.75 Å². The van der Waals surface area contributed by atoms with Crippen molar-refractivity contribution < 1.29 is 19.5 Å². The molecule has 2 heterocycles. The quantitative estimate of drug-likeness (QED) is 0.407. The van der Waals surface area contributed by atoms with Crippen LogP contribution in [0.3, 0.4) is 0 Å². The Hall–Kier alpha value is -4.28. The molecule has 2 N–H and O–H groups in total. The lowest BCUT2D eigenvalue weighted by atomic mass is 9.98. The number of carbonyl (C=O) groups excluding carboxylic acids is 3. The van der Waals surface area contributed by atoms with Crippen molar-refractivity contribution in [3.63, 3.8) is 0 Å². The van der Waals surface area contributed by atoms with Gasteiger partial charge in [0.15, 0.2) is 0 Å². The molecule has 5 rings (SSSR count). The van der Waals surface area contributed by atoms with E-state index in [4.69, 9.17) is 11.6 Å². The van der Waals surface area contributed by atoms with Gasteiger partial charge in [0, 0.05) is 40.2 Å². The molecule has 2 aliphatic heterocycles. The van der Waals surface area contributed by atoms with Crippen LogP contribution in [0, 0.1) is 0 Å². The van der Waals surface area contributed by atoms with Gasteiger partial charge in [-0.25, -0.2) is 14.8 Å². The first-order chi connectivity index (χ1) is 20.7. The Kier molecular flexibility index (Phi) is 9.08. The number of carbonyl (C=O) groups is 3. The van der Waals surface area contributed by atoms with Gasteiger partial charge in [0.2, 0.25) is 11.8 Å². The lowest BCUT2D eigenvalue weighted by Gasteiger charge is -2.55. The fourth-order valence-electron chi connectivity index (χ4n) is 5.74. The van der Waals surface area contributed by atoms with E-state index in [0.717, 1.165) is 22.4 Å². The summed E-state index contributed by atoms with van der Waals surface area (Å²) in [5.74, 6) is -0.294. The van der Waals surface area contributed by atoms with Crippen LogP contribution in [0.1, 0.15) is 23.6 Å². The number of aromatic hydroxyl groups is 1. The van der Waals surface area contributed by atoms with Gasteiger partial charge >= 0.3 is 6.03 Å². The molecule has 226 valence electrons. The number of halogens is 1. The number of piperazine rings is 1. The van der Waals surface area contributed by atoms with Gasteiger partial charge in [-0.1, -0.05) is 67.1 Å². The maximum absolute atomic E-state index is 14.1. The smallest absolute Gasteiger partial charge is 0.334 e. The Labute approximate surface area is 257 Å². The normalized spacial score (nSPS) is 18.9. The van der Waals surface area contributed by atoms with Gasteiger partial charge in [0.1, 0.15) is 18.0 Å². The van der Waals surface area contributed by atoms with Crippen molar-refractivity contribution in [1.82, 2.24) is 25.1 Å². The van der Waals surface area contributed by atoms with Crippen molar-refractivity contribution in [1.29, 1.82) is 0 Å². The number of hydrogen-bond acceptors (Lipinski definition) is 6. The molecule has 3 aromatic carbocycles. The number of hydrogen-bond donors (Lipinski definition) is 2. The third-order valence-corrected chi connectivity index (χ3v) is 8.24. The van der Waals surface area contributed by atoms with Crippen molar-refractivity contribution in [2.75, 3.05) is 38.6 Å². The van der Waals surface area contributed by atoms with E-state index in [2.05, 4.69) is 5.32 Å². The largest absolute Gasteiger partial charge is 0.508 e. The molecule has 0 bridgehead atoms. The predicted molar refractivity (Wildman–Crippen MR) is 165 cm³/mol. The van der Waals surface area contributed by atoms with Crippen LogP contribution in [0.4, 0.5) is 10.5 Å². The standard InChI is InChI=1S/C32H37ClN6O4/c1-4-37-21-30(41)38-28(16-22-10-13-25(40)14-11-22)31(42)36(19-24-12-15-26(33)27(17-24)35(2)3)20-29(38)39(37)32(43)34-18-23-8-6-5-7-9-23/h5-15,17,28-29,40H,4,16,18-21H2,1-3H3,(H,34,43)/t28-,29-/m0/s1. The predicted octanol–water partition coefficient (Wildman–Crippen LogP) is 3.68. The fraction of sp³-hybridized carbons (Fsp3) is 0.344. The van der Waals surface area contributed by atoms with Gasteiger partial charge in [-0.15, -0.1) is 0 Å². The van der Waals surface area contributed by atoms with E-state index < -0.39 is 12.2 Å². The first kappa shape index (κ1) is 30.2. The summed E-state index contributed by atoms with van der Waals surface area (Å²) in [5.41, 5.74) is 3.46. The molecule has 2 fully saturated rings. The summed E-state index contributed by atoms with van der Waals surface area (Å²) >= 11 is 6.41. The summed E-state index contributed by atoms with van der Waals surface area (Å²) in [7, 11) is 3.81. The molecule has 0 spiro atoms. The fourth-order valence-corrected chi connectivity index (χ4v) is 6.02. The molecule has 3 aromatic rings. The highest BCUT2D eigenvalue weighted by atomic mass is 35.5. The van der Waals surface area contributed by atoms with Crippen LogP contribution in [0.2, 0.25) is 5.02 Å². The van der Waals surface area contributed by atoms with Crippen LogP contribution in [0.15, 0.2) is 72.8 Å². The van der Waals surface area contributed by atoms with Gasteiger partial charge in [0.05, 0.1) is 23.8 Å². The third kappa shape index (κ3) is 6.55. The van der Waals surface area contributed by atoms with Gasteiger partial charge in [0.25, 0.3) is 0 Å². The van der Waals surface area contributed by atoms with E-state index in [9.17, 15) is 19.5 Å². The minimum atomic E-state index is -0.833. The Morgan fingerprint density at radius 2 is 1.70 bits per heavy atom. The molecule has 43 heavy (non-hydrogen) atoms. The number of fused-ring (bicyclic) bond motifs is 1. The number of likely N-dealkylation sites (N-methyl/N-ethyl adjacent to an activating group) is 1. The van der Waals surface area contributed by atoms with Crippen molar-refractivity contribution in [2.45, 2.75) is 38.6 Å². The highest BCUT2D eigenvalue weighted by molar-refractivity contribution is 6.33. The van der Waals surface area contributed by atoms with Crippen LogP contribution in [-0.2, 0) is 29.1 Å². The number of urea groups is 1. The van der Waals surface area contributed by atoms with Crippen LogP contribution in [-0.4, -0.2) is 88.7 Å². The van der Waals surface area contributed by atoms with Crippen molar-refractivity contribution in [2.24, 2.45) is 0 Å². The summed E-state index contributed by atoms with van der Waals surface area (Å²) in [6, 6.07) is 20.7. The number of amides is 4. The zero-order chi connectivity index (χ0) is 30.7. The van der Waals surface area contributed by atoms with Crippen LogP contribution < -0.4 is 10.2 Å². The zero-order valence-corrected chi connectivity index (χ0v) is 25.4. The molecule has 4 amide bonds. The Morgan fingerprint density at radius 3 is 2.37 bits per heavy atom. The maximum Gasteiger partial charge on any atom is 0.334 e. The summed E-state index contributed by atoms with van der Waals surface area (Å²) in [5, 5.41) is 16.8. The number of benzene rings is 3. The average molecular weight is 605 g/mol. The second-order valence-corrected chi connectivity index (χ2v) is 11.4. The van der Waals surface area contributed by atoms with E-state index in [1.54, 1.807) is 44.1 Å². The summed E-state index contributed by atoms with van der Waals surface area (Å²) in [6.45, 7) is 3.07. The Balaban J connectivity index is 1.49. The van der Waals surface area contributed by atoms with Gasteiger partial charge < -0.3 is 25.1 Å². The zero-order valence-electron chi connectivity index (χ0n) is 24.6. The molecule has 0 aliphatic carbocycles. The second-order valence-electron chi connectivity index (χ2n) is 11.0. The molecule has 11 heteroatoms. The van der Waals surface area contributed by atoms with E-state index in [-0.39, 0.29) is 49.7 Å². The first-order valence-electron chi connectivity index (χ1n) is 14.4. The summed E-state index contributed by atoms with van der Waals surface area (Å²) in [4.78, 5) is 46.8. The Morgan fingerprint density at radius 1 is 1.00 bits per heavy atom. The Bertz CT molecular complexity index is 1470. The molecule has 0 aromatic heterocycles. The SMILES string of the molecule is CCN1CC(=O)N2[C@@H](Cc3ccc(O)cc3)C(=O)N(Cc3ccc(Cl)c(N(C)C)c3)C[C@@H]2N1C(=O)NCc1ccccc1. The first-order valence-corrected chi connectivity index (χ1v) is 14.7. The van der Waals surface area contributed by atoms with Crippen molar-refractivity contribution >= 4 is 35.1 Å². The van der Waals surface area contributed by atoms with Crippen LogP contribution in [0.25, 0.3) is 0 Å². The lowest BCUT2D eigenvalue weighted by Crippen LogP contribution is -2.76. The topological polar surface area (TPSA) is 99.7 Å². The second kappa shape index (κ2) is 12.9. The number of rotatable bonds is 8. The number of hydrazine groups is 1. The molecule has 0 saturated carbocycles. The van der Waals surface area contributed by atoms with Gasteiger partial charge in [-0.05, 0) is 41.0 Å². The van der Waals surface area contributed by atoms with E-state index in [0.29, 0.717) is 18.1 Å². The molecule has 0 radical (unpaired) electrons. The van der Waals surface area contributed by atoms with Crippen LogP contribution >= 0.6 is 11.6 Å². The molecule has 2 atom stereocenters. The van der Waals surface area contributed by atoms with Crippen molar-refractivity contribution in [3.05, 3.63) is 94.5 Å². The lowest BCUT2D eigenvalue weighted by molar-refractivity contribution is -0.190. The highest BCUT2D eigenvalue weighted by Gasteiger charge is 2.51. The molecule has 2 aliphatic rings. The van der Waals surface area contributed by atoms with E-state index >= 15 is 0 Å². The van der Waals surface area contributed by atoms with E-state index in [1.165, 1.54) is 0 Å². The summed E-state index contributed by atoms with van der Waals surface area (Å²) in [6.07, 6.45) is -0.468. The highest BCUT2D eigenvalue weighted by Crippen LogP contribution is 2.31.